The third-order valence-electron chi connectivity index (χ3n) is 2.25. The Balaban J connectivity index is 0.00000169. The number of Topliss-reactive ketones (excluding diaryl/α,β-unsaturated/α-hetero) is 1. The topological polar surface area (TPSA) is 72.2 Å². The molecule has 1 saturated heterocycles. The minimum absolute atomic E-state index is 0. The van der Waals surface area contributed by atoms with E-state index in [4.69, 9.17) is 5.73 Å². The summed E-state index contributed by atoms with van der Waals surface area (Å²) in [7, 11) is 0. The zero-order valence-corrected chi connectivity index (χ0v) is 8.48. The standard InChI is InChI=1S/C8H13FN2O2.ClH/c9-4-7(12)6(10)3-5-1-2-11-8(5)13;/h5-6H,1-4,10H2,(H,11,13);1H/t5-,6-;/m0./s1. The van der Waals surface area contributed by atoms with Gasteiger partial charge >= 0.3 is 0 Å². The van der Waals surface area contributed by atoms with E-state index in [9.17, 15) is 14.0 Å². The Hall–Kier alpha value is -0.680. The van der Waals surface area contributed by atoms with E-state index in [1.165, 1.54) is 0 Å². The van der Waals surface area contributed by atoms with Crippen LogP contribution in [0.3, 0.4) is 0 Å². The number of carbonyl (C=O) groups is 2. The van der Waals surface area contributed by atoms with E-state index in [1.54, 1.807) is 0 Å². The van der Waals surface area contributed by atoms with Crippen LogP contribution >= 0.6 is 12.4 Å². The summed E-state index contributed by atoms with van der Waals surface area (Å²) in [4.78, 5) is 21.8. The summed E-state index contributed by atoms with van der Waals surface area (Å²) in [6.45, 7) is -0.421. The second kappa shape index (κ2) is 5.93. The Morgan fingerprint density at radius 2 is 2.36 bits per heavy atom. The van der Waals surface area contributed by atoms with Gasteiger partial charge in [-0.3, -0.25) is 9.59 Å². The van der Waals surface area contributed by atoms with Crippen LogP contribution in [0.4, 0.5) is 4.39 Å². The van der Waals surface area contributed by atoms with Crippen molar-refractivity contribution in [3.8, 4) is 0 Å². The molecule has 0 unspecified atom stereocenters. The Morgan fingerprint density at radius 3 is 2.79 bits per heavy atom. The lowest BCUT2D eigenvalue weighted by atomic mass is 9.97. The third-order valence-corrected chi connectivity index (χ3v) is 2.25. The molecular weight excluding hydrogens is 211 g/mol. The van der Waals surface area contributed by atoms with Crippen molar-refractivity contribution in [2.24, 2.45) is 11.7 Å². The summed E-state index contributed by atoms with van der Waals surface area (Å²) in [5, 5.41) is 2.63. The maximum absolute atomic E-state index is 11.9. The number of hydrogen-bond donors (Lipinski definition) is 2. The van der Waals surface area contributed by atoms with Crippen molar-refractivity contribution < 1.29 is 14.0 Å². The molecule has 1 fully saturated rings. The first-order valence-corrected chi connectivity index (χ1v) is 4.27. The van der Waals surface area contributed by atoms with Crippen LogP contribution in [0.15, 0.2) is 0 Å². The Kier molecular flexibility index (Phi) is 5.64. The van der Waals surface area contributed by atoms with E-state index < -0.39 is 18.5 Å². The van der Waals surface area contributed by atoms with Crippen molar-refractivity contribution in [1.29, 1.82) is 0 Å². The molecule has 1 rings (SSSR count). The van der Waals surface area contributed by atoms with E-state index in [1.807, 2.05) is 0 Å². The number of ketones is 1. The van der Waals surface area contributed by atoms with Gasteiger partial charge in [0.2, 0.25) is 5.91 Å². The molecule has 82 valence electrons. The number of rotatable bonds is 4. The molecule has 0 spiro atoms. The maximum Gasteiger partial charge on any atom is 0.223 e. The molecule has 0 aliphatic carbocycles. The van der Waals surface area contributed by atoms with Gasteiger partial charge in [0, 0.05) is 12.5 Å². The average Bonchev–Trinajstić information content (AvgIpc) is 2.50. The van der Waals surface area contributed by atoms with Crippen molar-refractivity contribution in [3.05, 3.63) is 0 Å². The van der Waals surface area contributed by atoms with Gasteiger partial charge in [-0.15, -0.1) is 12.4 Å². The Morgan fingerprint density at radius 1 is 1.71 bits per heavy atom. The van der Waals surface area contributed by atoms with Gasteiger partial charge in [-0.1, -0.05) is 0 Å². The fourth-order valence-electron chi connectivity index (χ4n) is 1.41. The largest absolute Gasteiger partial charge is 0.356 e. The van der Waals surface area contributed by atoms with E-state index in [2.05, 4.69) is 5.32 Å². The van der Waals surface area contributed by atoms with Crippen molar-refractivity contribution in [2.45, 2.75) is 18.9 Å². The van der Waals surface area contributed by atoms with Crippen LogP contribution in [0.5, 0.6) is 0 Å². The molecule has 1 heterocycles. The average molecular weight is 225 g/mol. The molecule has 0 aromatic rings. The van der Waals surface area contributed by atoms with E-state index in [-0.39, 0.29) is 30.7 Å². The molecule has 14 heavy (non-hydrogen) atoms. The number of halogens is 2. The van der Waals surface area contributed by atoms with Crippen molar-refractivity contribution in [1.82, 2.24) is 5.32 Å². The van der Waals surface area contributed by atoms with Crippen molar-refractivity contribution >= 4 is 24.1 Å². The number of nitrogens with one attached hydrogen (secondary N) is 1. The molecule has 4 nitrogen and oxygen atoms in total. The number of amides is 1. The van der Waals surface area contributed by atoms with Gasteiger partial charge in [0.15, 0.2) is 5.78 Å². The van der Waals surface area contributed by atoms with Crippen LogP contribution in [0.2, 0.25) is 0 Å². The van der Waals surface area contributed by atoms with E-state index in [0.717, 1.165) is 0 Å². The van der Waals surface area contributed by atoms with Crippen LogP contribution in [-0.4, -0.2) is 31.0 Å². The molecule has 0 aromatic carbocycles. The molecule has 0 saturated carbocycles. The zero-order chi connectivity index (χ0) is 9.84. The first kappa shape index (κ1) is 13.3. The Bertz CT molecular complexity index is 225. The number of carbonyl (C=O) groups excluding carboxylic acids is 2. The summed E-state index contributed by atoms with van der Waals surface area (Å²) >= 11 is 0. The summed E-state index contributed by atoms with van der Waals surface area (Å²) in [6, 6.07) is -0.834. The lowest BCUT2D eigenvalue weighted by molar-refractivity contribution is -0.124. The molecule has 2 atom stereocenters. The van der Waals surface area contributed by atoms with Crippen LogP contribution in [0.25, 0.3) is 0 Å². The van der Waals surface area contributed by atoms with Crippen molar-refractivity contribution in [2.75, 3.05) is 13.2 Å². The highest BCUT2D eigenvalue weighted by Gasteiger charge is 2.28. The molecule has 0 bridgehead atoms. The molecule has 0 aromatic heterocycles. The van der Waals surface area contributed by atoms with Gasteiger partial charge in [-0.05, 0) is 12.8 Å². The second-order valence-electron chi connectivity index (χ2n) is 3.22. The Labute approximate surface area is 87.8 Å². The fourth-order valence-corrected chi connectivity index (χ4v) is 1.41. The predicted octanol–water partition coefficient (Wildman–Crippen LogP) is -0.200. The van der Waals surface area contributed by atoms with Crippen molar-refractivity contribution in [3.63, 3.8) is 0 Å². The van der Waals surface area contributed by atoms with E-state index in [0.29, 0.717) is 13.0 Å². The quantitative estimate of drug-likeness (QED) is 0.695. The summed E-state index contributed by atoms with van der Waals surface area (Å²) in [6.07, 6.45) is 0.945. The number of nitrogens with two attached hydrogens (primary N) is 1. The van der Waals surface area contributed by atoms with Gasteiger partial charge in [0.25, 0.3) is 0 Å². The molecule has 1 aliphatic heterocycles. The first-order valence-electron chi connectivity index (χ1n) is 4.27. The minimum atomic E-state index is -1.05. The summed E-state index contributed by atoms with van der Waals surface area (Å²) in [5.41, 5.74) is 5.40. The monoisotopic (exact) mass is 224 g/mol. The van der Waals surface area contributed by atoms with Gasteiger partial charge in [0.1, 0.15) is 6.67 Å². The maximum atomic E-state index is 11.9. The van der Waals surface area contributed by atoms with Crippen LogP contribution in [0, 0.1) is 5.92 Å². The molecule has 6 heteroatoms. The molecule has 1 aliphatic rings. The highest BCUT2D eigenvalue weighted by atomic mass is 35.5. The summed E-state index contributed by atoms with van der Waals surface area (Å²) in [5.74, 6) is -0.924. The second-order valence-corrected chi connectivity index (χ2v) is 3.22. The van der Waals surface area contributed by atoms with Crippen LogP contribution < -0.4 is 11.1 Å². The minimum Gasteiger partial charge on any atom is -0.356 e. The van der Waals surface area contributed by atoms with Crippen LogP contribution in [-0.2, 0) is 9.59 Å². The predicted molar refractivity (Wildman–Crippen MR) is 51.9 cm³/mol. The molecule has 3 N–H and O–H groups in total. The third kappa shape index (κ3) is 3.23. The normalized spacial score (nSPS) is 22.4. The lowest BCUT2D eigenvalue weighted by Crippen LogP contribution is -2.35. The molecular formula is C8H14ClFN2O2. The van der Waals surface area contributed by atoms with Gasteiger partial charge in [-0.25, -0.2) is 4.39 Å². The highest BCUT2D eigenvalue weighted by Crippen LogP contribution is 2.15. The van der Waals surface area contributed by atoms with Gasteiger partial charge < -0.3 is 11.1 Å². The van der Waals surface area contributed by atoms with Gasteiger partial charge in [-0.2, -0.15) is 0 Å². The number of alkyl halides is 1. The van der Waals surface area contributed by atoms with Crippen LogP contribution in [0.1, 0.15) is 12.8 Å². The van der Waals surface area contributed by atoms with E-state index >= 15 is 0 Å². The fraction of sp³-hybridized carbons (Fsp3) is 0.750. The SMILES string of the molecule is Cl.N[C@@H](C[C@@H]1CCNC1=O)C(=O)CF. The smallest absolute Gasteiger partial charge is 0.223 e. The summed E-state index contributed by atoms with van der Waals surface area (Å²) < 4.78 is 11.9. The van der Waals surface area contributed by atoms with Gasteiger partial charge in [0.05, 0.1) is 6.04 Å². The zero-order valence-electron chi connectivity index (χ0n) is 7.66. The molecule has 1 amide bonds. The highest BCUT2D eigenvalue weighted by molar-refractivity contribution is 5.86. The lowest BCUT2D eigenvalue weighted by Gasteiger charge is -2.11. The number of hydrogen-bond acceptors (Lipinski definition) is 3. The first-order chi connectivity index (χ1) is 6.15. The molecule has 0 radical (unpaired) electrons.